The van der Waals surface area contributed by atoms with Crippen LogP contribution in [0.25, 0.3) is 10.9 Å². The summed E-state index contributed by atoms with van der Waals surface area (Å²) in [7, 11) is 0. The lowest BCUT2D eigenvalue weighted by molar-refractivity contribution is 0.0755. The van der Waals surface area contributed by atoms with Gasteiger partial charge in [0.25, 0.3) is 5.91 Å². The van der Waals surface area contributed by atoms with E-state index in [0.29, 0.717) is 18.2 Å². The summed E-state index contributed by atoms with van der Waals surface area (Å²) in [5.41, 5.74) is 3.71. The molecule has 1 fully saturated rings. The Kier molecular flexibility index (Phi) is 5.55. The SMILES string of the molecule is Cc1cc(C(=O)N2CCCCCC2)nc(NCCc2c[nH]c3ccccc23)n1. The largest absolute Gasteiger partial charge is 0.361 e. The molecule has 2 aromatic heterocycles. The van der Waals surface area contributed by atoms with E-state index in [9.17, 15) is 4.79 Å². The standard InChI is InChI=1S/C22H27N5O/c1-16-14-20(21(28)27-12-6-2-3-7-13-27)26-22(25-16)23-11-10-17-15-24-19-9-5-4-8-18(17)19/h4-5,8-9,14-15,24H,2-3,6-7,10-13H2,1H3,(H,23,25,26). The van der Waals surface area contributed by atoms with Gasteiger partial charge < -0.3 is 15.2 Å². The van der Waals surface area contributed by atoms with Gasteiger partial charge in [-0.2, -0.15) is 0 Å². The Labute approximate surface area is 165 Å². The Morgan fingerprint density at radius 2 is 1.93 bits per heavy atom. The molecule has 1 aliphatic rings. The van der Waals surface area contributed by atoms with E-state index in [1.54, 1.807) is 6.07 Å². The topological polar surface area (TPSA) is 73.9 Å². The molecule has 28 heavy (non-hydrogen) atoms. The second-order valence-electron chi connectivity index (χ2n) is 7.46. The van der Waals surface area contributed by atoms with Crippen LogP contribution in [0.2, 0.25) is 0 Å². The fourth-order valence-electron chi connectivity index (χ4n) is 3.84. The van der Waals surface area contributed by atoms with Crippen LogP contribution in [0.3, 0.4) is 0 Å². The quantitative estimate of drug-likeness (QED) is 0.706. The van der Waals surface area contributed by atoms with Gasteiger partial charge in [0.2, 0.25) is 5.95 Å². The van der Waals surface area contributed by atoms with Crippen molar-refractivity contribution in [2.45, 2.75) is 39.0 Å². The number of aromatic amines is 1. The number of hydrogen-bond acceptors (Lipinski definition) is 4. The minimum atomic E-state index is 0.0204. The first-order valence-electron chi connectivity index (χ1n) is 10.1. The highest BCUT2D eigenvalue weighted by Gasteiger charge is 2.19. The van der Waals surface area contributed by atoms with Crippen molar-refractivity contribution in [2.75, 3.05) is 25.0 Å². The van der Waals surface area contributed by atoms with Gasteiger partial charge in [0.05, 0.1) is 0 Å². The molecule has 1 aliphatic heterocycles. The van der Waals surface area contributed by atoms with Gasteiger partial charge in [-0.05, 0) is 43.9 Å². The molecule has 6 nitrogen and oxygen atoms in total. The molecule has 1 aromatic carbocycles. The van der Waals surface area contributed by atoms with Crippen LogP contribution in [-0.2, 0) is 6.42 Å². The third kappa shape index (κ3) is 4.16. The molecule has 1 amide bonds. The van der Waals surface area contributed by atoms with Gasteiger partial charge in [0.1, 0.15) is 5.69 Å². The van der Waals surface area contributed by atoms with E-state index >= 15 is 0 Å². The summed E-state index contributed by atoms with van der Waals surface area (Å²) in [5.74, 6) is 0.546. The molecule has 0 radical (unpaired) electrons. The second kappa shape index (κ2) is 8.42. The molecule has 146 valence electrons. The zero-order chi connectivity index (χ0) is 19.3. The van der Waals surface area contributed by atoms with E-state index in [1.807, 2.05) is 17.9 Å². The Morgan fingerprint density at radius 1 is 1.14 bits per heavy atom. The number of likely N-dealkylation sites (tertiary alicyclic amines) is 1. The Morgan fingerprint density at radius 3 is 2.75 bits per heavy atom. The van der Waals surface area contributed by atoms with Crippen LogP contribution in [0.15, 0.2) is 36.5 Å². The number of rotatable bonds is 5. The molecular formula is C22H27N5O. The molecule has 0 bridgehead atoms. The molecule has 0 atom stereocenters. The average Bonchev–Trinajstić information content (AvgIpc) is 2.92. The number of nitrogens with one attached hydrogen (secondary N) is 2. The lowest BCUT2D eigenvalue weighted by Gasteiger charge is -2.20. The molecular weight excluding hydrogens is 350 g/mol. The zero-order valence-corrected chi connectivity index (χ0v) is 16.4. The number of aromatic nitrogens is 3. The predicted octanol–water partition coefficient (Wildman–Crippen LogP) is 3.94. The van der Waals surface area contributed by atoms with Crippen LogP contribution in [0.1, 0.15) is 47.4 Å². The number of aryl methyl sites for hydroxylation is 1. The Hall–Kier alpha value is -2.89. The van der Waals surface area contributed by atoms with Gasteiger partial charge in [-0.1, -0.05) is 31.0 Å². The number of anilines is 1. The first-order valence-corrected chi connectivity index (χ1v) is 10.1. The fourth-order valence-corrected chi connectivity index (χ4v) is 3.84. The normalized spacial score (nSPS) is 14.8. The first kappa shape index (κ1) is 18.5. The third-order valence-electron chi connectivity index (χ3n) is 5.32. The van der Waals surface area contributed by atoms with E-state index in [0.717, 1.165) is 43.6 Å². The molecule has 0 unspecified atom stereocenters. The van der Waals surface area contributed by atoms with Crippen molar-refractivity contribution in [3.63, 3.8) is 0 Å². The molecule has 4 rings (SSSR count). The smallest absolute Gasteiger partial charge is 0.272 e. The minimum Gasteiger partial charge on any atom is -0.361 e. The lowest BCUT2D eigenvalue weighted by atomic mass is 10.1. The Balaban J connectivity index is 1.42. The highest BCUT2D eigenvalue weighted by molar-refractivity contribution is 5.92. The van der Waals surface area contributed by atoms with Gasteiger partial charge >= 0.3 is 0 Å². The Bertz CT molecular complexity index is 956. The minimum absolute atomic E-state index is 0.0204. The molecule has 0 aliphatic carbocycles. The molecule has 3 heterocycles. The molecule has 1 saturated heterocycles. The second-order valence-corrected chi connectivity index (χ2v) is 7.46. The maximum absolute atomic E-state index is 12.9. The predicted molar refractivity (Wildman–Crippen MR) is 112 cm³/mol. The van der Waals surface area contributed by atoms with E-state index in [4.69, 9.17) is 0 Å². The van der Waals surface area contributed by atoms with E-state index < -0.39 is 0 Å². The van der Waals surface area contributed by atoms with Crippen molar-refractivity contribution in [3.8, 4) is 0 Å². The molecule has 0 saturated carbocycles. The van der Waals surface area contributed by atoms with Crippen molar-refractivity contribution in [1.82, 2.24) is 19.9 Å². The van der Waals surface area contributed by atoms with Crippen LogP contribution < -0.4 is 5.32 Å². The van der Waals surface area contributed by atoms with Gasteiger partial charge in [-0.3, -0.25) is 4.79 Å². The zero-order valence-electron chi connectivity index (χ0n) is 16.4. The van der Waals surface area contributed by atoms with Crippen molar-refractivity contribution in [2.24, 2.45) is 0 Å². The summed E-state index contributed by atoms with van der Waals surface area (Å²) >= 11 is 0. The van der Waals surface area contributed by atoms with Crippen molar-refractivity contribution in [3.05, 3.63) is 53.5 Å². The van der Waals surface area contributed by atoms with Gasteiger partial charge in [0.15, 0.2) is 0 Å². The van der Waals surface area contributed by atoms with E-state index in [2.05, 4.69) is 44.7 Å². The molecule has 6 heteroatoms. The number of para-hydroxylation sites is 1. The lowest BCUT2D eigenvalue weighted by Crippen LogP contribution is -2.32. The number of amides is 1. The number of carbonyl (C=O) groups is 1. The van der Waals surface area contributed by atoms with Crippen molar-refractivity contribution in [1.29, 1.82) is 0 Å². The number of carbonyl (C=O) groups excluding carboxylic acids is 1. The third-order valence-corrected chi connectivity index (χ3v) is 5.32. The van der Waals surface area contributed by atoms with Crippen LogP contribution in [0.4, 0.5) is 5.95 Å². The summed E-state index contributed by atoms with van der Waals surface area (Å²) in [6.07, 6.45) is 7.46. The van der Waals surface area contributed by atoms with E-state index in [-0.39, 0.29) is 5.91 Å². The van der Waals surface area contributed by atoms with Gasteiger partial charge in [-0.25, -0.2) is 9.97 Å². The molecule has 0 spiro atoms. The average molecular weight is 377 g/mol. The number of hydrogen-bond donors (Lipinski definition) is 2. The maximum atomic E-state index is 12.9. The maximum Gasteiger partial charge on any atom is 0.272 e. The summed E-state index contributed by atoms with van der Waals surface area (Å²) in [4.78, 5) is 27.1. The number of H-pyrrole nitrogens is 1. The van der Waals surface area contributed by atoms with Crippen LogP contribution in [0.5, 0.6) is 0 Å². The summed E-state index contributed by atoms with van der Waals surface area (Å²) < 4.78 is 0. The summed E-state index contributed by atoms with van der Waals surface area (Å²) in [6.45, 7) is 4.27. The van der Waals surface area contributed by atoms with Crippen LogP contribution in [-0.4, -0.2) is 45.4 Å². The summed E-state index contributed by atoms with van der Waals surface area (Å²) in [5, 5.41) is 4.53. The highest BCUT2D eigenvalue weighted by Crippen LogP contribution is 2.18. The summed E-state index contributed by atoms with van der Waals surface area (Å²) in [6, 6.07) is 10.1. The van der Waals surface area contributed by atoms with Crippen molar-refractivity contribution < 1.29 is 4.79 Å². The highest BCUT2D eigenvalue weighted by atomic mass is 16.2. The first-order chi connectivity index (χ1) is 13.7. The van der Waals surface area contributed by atoms with Gasteiger partial charge in [-0.15, -0.1) is 0 Å². The number of fused-ring (bicyclic) bond motifs is 1. The fraction of sp³-hybridized carbons (Fsp3) is 0.409. The molecule has 2 N–H and O–H groups in total. The van der Waals surface area contributed by atoms with Crippen molar-refractivity contribution >= 4 is 22.8 Å². The van der Waals surface area contributed by atoms with E-state index in [1.165, 1.54) is 23.8 Å². The van der Waals surface area contributed by atoms with Crippen LogP contribution in [0, 0.1) is 6.92 Å². The number of benzene rings is 1. The monoisotopic (exact) mass is 377 g/mol. The molecule has 3 aromatic rings. The van der Waals surface area contributed by atoms with Crippen LogP contribution >= 0.6 is 0 Å². The number of nitrogens with zero attached hydrogens (tertiary/aromatic N) is 3. The van der Waals surface area contributed by atoms with Gasteiger partial charge in [0, 0.05) is 42.4 Å².